The summed E-state index contributed by atoms with van der Waals surface area (Å²) in [4.78, 5) is 39.8. The zero-order chi connectivity index (χ0) is 38.8. The lowest BCUT2D eigenvalue weighted by atomic mass is 10.1. The van der Waals surface area contributed by atoms with Crippen LogP contribution in [0.3, 0.4) is 0 Å². The first-order valence-corrected chi connectivity index (χ1v) is 18.0. The Hall–Kier alpha value is -5.92. The van der Waals surface area contributed by atoms with Gasteiger partial charge in [-0.3, -0.25) is 9.59 Å². The van der Waals surface area contributed by atoms with Gasteiger partial charge in [0.15, 0.2) is 0 Å². The Labute approximate surface area is 320 Å². The van der Waals surface area contributed by atoms with Gasteiger partial charge in [0.25, 0.3) is 21.5 Å². The van der Waals surface area contributed by atoms with Crippen molar-refractivity contribution in [2.45, 2.75) is 13.1 Å². The molecule has 0 unspecified atom stereocenters. The quantitative estimate of drug-likeness (QED) is 0.139. The van der Waals surface area contributed by atoms with Gasteiger partial charge in [0.1, 0.15) is 46.4 Å². The number of thiazole rings is 2. The lowest BCUT2D eigenvalue weighted by molar-refractivity contribution is 0.479. The van der Waals surface area contributed by atoms with Crippen LogP contribution in [0.2, 0.25) is 0 Å². The number of hydrogen-bond donors (Lipinski definition) is 0. The van der Waals surface area contributed by atoms with Crippen LogP contribution in [0.25, 0.3) is 21.8 Å². The third-order valence-electron chi connectivity index (χ3n) is 7.79. The van der Waals surface area contributed by atoms with E-state index in [0.29, 0.717) is 57.2 Å². The molecule has 0 aliphatic carbocycles. The maximum Gasteiger partial charge on any atom is 0.280 e. The molecule has 8 aromatic rings. The van der Waals surface area contributed by atoms with E-state index >= 15 is 0 Å². The standard InChI is InChI=1S/C18H9BrF3N3O2S.C18H10F3N3O2S/c19-16-6-23-18(28-16)27-10-1-2-15-11(5-10)17(26)24-8-25(15)7-12-13(21)3-9(20)4-14(12)22;19-10-5-14(20)13(15(21)6-10)8-24-9-23-17(25)12-7-11(1-2-16(12)24)26-18-22-3-4-27-18/h1-6,8H,7H2;1-7,9H,8H2. The largest absolute Gasteiger partial charge is 0.431 e. The second-order valence-corrected chi connectivity index (χ2v) is 14.6. The van der Waals surface area contributed by atoms with Gasteiger partial charge in [-0.2, -0.15) is 9.97 Å². The van der Waals surface area contributed by atoms with Crippen molar-refractivity contribution in [3.05, 3.63) is 162 Å². The van der Waals surface area contributed by atoms with Crippen LogP contribution < -0.4 is 20.6 Å². The number of hydrogen-bond acceptors (Lipinski definition) is 10. The Kier molecular flexibility index (Phi) is 10.8. The highest BCUT2D eigenvalue weighted by Gasteiger charge is 2.16. The van der Waals surface area contributed by atoms with Crippen LogP contribution in [0.1, 0.15) is 11.1 Å². The first kappa shape index (κ1) is 37.4. The summed E-state index contributed by atoms with van der Waals surface area (Å²) in [5.74, 6) is -5.31. The molecule has 4 heterocycles. The van der Waals surface area contributed by atoms with Gasteiger partial charge < -0.3 is 18.6 Å². The molecule has 0 amide bonds. The normalized spacial score (nSPS) is 11.1. The predicted molar refractivity (Wildman–Crippen MR) is 195 cm³/mol. The number of rotatable bonds is 8. The van der Waals surface area contributed by atoms with Crippen LogP contribution in [-0.4, -0.2) is 29.1 Å². The van der Waals surface area contributed by atoms with Crippen molar-refractivity contribution in [1.29, 1.82) is 0 Å². The van der Waals surface area contributed by atoms with Gasteiger partial charge in [-0.25, -0.2) is 36.3 Å². The van der Waals surface area contributed by atoms with Gasteiger partial charge in [0.2, 0.25) is 0 Å². The summed E-state index contributed by atoms with van der Waals surface area (Å²) in [5, 5.41) is 2.96. The Balaban J connectivity index is 0.000000169. The molecule has 4 aromatic carbocycles. The van der Waals surface area contributed by atoms with E-state index in [2.05, 4.69) is 35.9 Å². The summed E-state index contributed by atoms with van der Waals surface area (Å²) in [6.07, 6.45) is 5.54. The topological polar surface area (TPSA) is 114 Å². The fraction of sp³-hybridized carbons (Fsp3) is 0.0556. The van der Waals surface area contributed by atoms with Crippen molar-refractivity contribution in [2.75, 3.05) is 0 Å². The maximum absolute atomic E-state index is 14.0. The first-order valence-electron chi connectivity index (χ1n) is 15.5. The Morgan fingerprint density at radius 1 is 0.618 bits per heavy atom. The molecular weight excluding hydrogens is 838 g/mol. The highest BCUT2D eigenvalue weighted by molar-refractivity contribution is 9.11. The Bertz CT molecular complexity index is 2790. The van der Waals surface area contributed by atoms with Crippen LogP contribution in [0, 0.1) is 34.9 Å². The molecule has 0 radical (unpaired) electrons. The average Bonchev–Trinajstić information content (AvgIpc) is 3.81. The molecule has 0 spiro atoms. The average molecular weight is 858 g/mol. The summed E-state index contributed by atoms with van der Waals surface area (Å²) < 4.78 is 96.8. The molecule has 8 rings (SSSR count). The smallest absolute Gasteiger partial charge is 0.280 e. The van der Waals surface area contributed by atoms with Crippen LogP contribution in [-0.2, 0) is 13.1 Å². The molecule has 55 heavy (non-hydrogen) atoms. The number of benzene rings is 4. The maximum atomic E-state index is 14.0. The van der Waals surface area contributed by atoms with Gasteiger partial charge in [-0.15, -0.1) is 0 Å². The van der Waals surface area contributed by atoms with Crippen molar-refractivity contribution >= 4 is 60.4 Å². The highest BCUT2D eigenvalue weighted by atomic mass is 79.9. The summed E-state index contributed by atoms with van der Waals surface area (Å²) >= 11 is 5.84. The molecule has 19 heteroatoms. The van der Waals surface area contributed by atoms with Gasteiger partial charge in [0.05, 0.1) is 57.5 Å². The van der Waals surface area contributed by atoms with Gasteiger partial charge in [0, 0.05) is 47.0 Å². The number of ether oxygens (including phenoxy) is 2. The molecule has 0 N–H and O–H groups in total. The predicted octanol–water partition coefficient (Wildman–Crippen LogP) is 8.98. The van der Waals surface area contributed by atoms with E-state index in [9.17, 15) is 35.9 Å². The van der Waals surface area contributed by atoms with Crippen molar-refractivity contribution < 1.29 is 35.8 Å². The van der Waals surface area contributed by atoms with E-state index < -0.39 is 46.0 Å². The minimum absolute atomic E-state index is 0.207. The molecule has 0 saturated heterocycles. The third-order valence-corrected chi connectivity index (χ3v) is 9.79. The zero-order valence-corrected chi connectivity index (χ0v) is 30.6. The number of nitrogens with zero attached hydrogens (tertiary/aromatic N) is 6. The van der Waals surface area contributed by atoms with Gasteiger partial charge >= 0.3 is 0 Å². The molecule has 0 fully saturated rings. The summed E-state index contributed by atoms with van der Waals surface area (Å²) in [5.41, 5.74) is -0.879. The van der Waals surface area contributed by atoms with Crippen LogP contribution >= 0.6 is 38.6 Å². The Morgan fingerprint density at radius 2 is 1.09 bits per heavy atom. The van der Waals surface area contributed by atoms with Gasteiger partial charge in [-0.05, 0) is 52.3 Å². The number of fused-ring (bicyclic) bond motifs is 2. The minimum atomic E-state index is -1.02. The second-order valence-electron chi connectivity index (χ2n) is 11.3. The van der Waals surface area contributed by atoms with E-state index in [-0.39, 0.29) is 35.0 Å². The molecule has 4 aromatic heterocycles. The summed E-state index contributed by atoms with van der Waals surface area (Å²) in [7, 11) is 0. The van der Waals surface area contributed by atoms with E-state index in [1.807, 2.05) is 0 Å². The molecule has 278 valence electrons. The molecule has 0 atom stereocenters. The fourth-order valence-corrected chi connectivity index (χ4v) is 6.83. The second kappa shape index (κ2) is 15.8. The monoisotopic (exact) mass is 856 g/mol. The highest BCUT2D eigenvalue weighted by Crippen LogP contribution is 2.31. The van der Waals surface area contributed by atoms with Crippen LogP contribution in [0.5, 0.6) is 21.9 Å². The van der Waals surface area contributed by atoms with Crippen molar-refractivity contribution in [2.24, 2.45) is 0 Å². The molecular formula is C36H19BrF6N6O4S2. The van der Waals surface area contributed by atoms with Crippen molar-refractivity contribution in [3.63, 3.8) is 0 Å². The number of aromatic nitrogens is 6. The van der Waals surface area contributed by atoms with E-state index in [0.717, 1.165) is 3.79 Å². The molecule has 0 saturated carbocycles. The first-order chi connectivity index (χ1) is 26.4. The molecule has 0 aliphatic rings. The Morgan fingerprint density at radius 3 is 1.51 bits per heavy atom. The lowest BCUT2D eigenvalue weighted by Crippen LogP contribution is -2.14. The minimum Gasteiger partial charge on any atom is -0.431 e. The third kappa shape index (κ3) is 8.43. The van der Waals surface area contributed by atoms with Crippen LogP contribution in [0.15, 0.2) is 104 Å². The molecule has 0 bridgehead atoms. The molecule has 10 nitrogen and oxygen atoms in total. The van der Waals surface area contributed by atoms with Gasteiger partial charge in [-0.1, -0.05) is 22.7 Å². The van der Waals surface area contributed by atoms with E-state index in [1.165, 1.54) is 56.6 Å². The zero-order valence-electron chi connectivity index (χ0n) is 27.4. The van der Waals surface area contributed by atoms with E-state index in [4.69, 9.17) is 9.47 Å². The fourth-order valence-electron chi connectivity index (χ4n) is 5.30. The van der Waals surface area contributed by atoms with Crippen LogP contribution in [0.4, 0.5) is 26.3 Å². The lowest BCUT2D eigenvalue weighted by Gasteiger charge is -2.12. The van der Waals surface area contributed by atoms with Crippen molar-refractivity contribution in [1.82, 2.24) is 29.1 Å². The number of halogens is 7. The molecule has 0 aliphatic heterocycles. The van der Waals surface area contributed by atoms with E-state index in [1.54, 1.807) is 42.0 Å². The van der Waals surface area contributed by atoms with Crippen molar-refractivity contribution in [3.8, 4) is 21.9 Å². The summed E-state index contributed by atoms with van der Waals surface area (Å²) in [6.45, 7) is -0.518. The summed E-state index contributed by atoms with van der Waals surface area (Å²) in [6, 6.07) is 11.8. The SMILES string of the molecule is O=c1ncn(Cc2c(F)cc(F)cc2F)c2ccc(Oc3ncc(Br)s3)cc12.O=c1ncn(Cc2c(F)cc(F)cc2F)c2ccc(Oc3nccs3)cc12.